The second-order valence-corrected chi connectivity index (χ2v) is 4.16. The predicted molar refractivity (Wildman–Crippen MR) is 66.0 cm³/mol. The summed E-state index contributed by atoms with van der Waals surface area (Å²) in [6, 6.07) is 9.87. The first-order valence-corrected chi connectivity index (χ1v) is 5.26. The first-order valence-electron chi connectivity index (χ1n) is 4.89. The molecule has 2 aromatic carbocycles. The number of benzene rings is 2. The van der Waals surface area contributed by atoms with Crippen LogP contribution in [0.2, 0.25) is 5.02 Å². The third kappa shape index (κ3) is 2.17. The SMILES string of the molecule is Cc1cc(N)cc(-c2cc(F)ccc2Cl)c1. The van der Waals surface area contributed by atoms with Crippen molar-refractivity contribution < 1.29 is 4.39 Å². The number of hydrogen-bond acceptors (Lipinski definition) is 1. The van der Waals surface area contributed by atoms with E-state index in [9.17, 15) is 4.39 Å². The molecular formula is C13H11ClFN. The van der Waals surface area contributed by atoms with Gasteiger partial charge in [0, 0.05) is 16.3 Å². The second-order valence-electron chi connectivity index (χ2n) is 3.76. The summed E-state index contributed by atoms with van der Waals surface area (Å²) in [6.45, 7) is 1.94. The van der Waals surface area contributed by atoms with Crippen LogP contribution in [0.3, 0.4) is 0 Å². The van der Waals surface area contributed by atoms with Crippen molar-refractivity contribution in [3.63, 3.8) is 0 Å². The summed E-state index contributed by atoms with van der Waals surface area (Å²) >= 11 is 6.03. The summed E-state index contributed by atoms with van der Waals surface area (Å²) in [6.07, 6.45) is 0. The van der Waals surface area contributed by atoms with E-state index in [1.54, 1.807) is 12.1 Å². The highest BCUT2D eigenvalue weighted by Gasteiger charge is 2.06. The van der Waals surface area contributed by atoms with E-state index in [-0.39, 0.29) is 5.82 Å². The van der Waals surface area contributed by atoms with E-state index in [2.05, 4.69) is 0 Å². The molecule has 0 amide bonds. The molecule has 16 heavy (non-hydrogen) atoms. The van der Waals surface area contributed by atoms with Gasteiger partial charge < -0.3 is 5.73 Å². The molecule has 0 unspecified atom stereocenters. The number of rotatable bonds is 1. The molecule has 0 bridgehead atoms. The molecule has 1 nitrogen and oxygen atoms in total. The van der Waals surface area contributed by atoms with Gasteiger partial charge in [-0.1, -0.05) is 17.7 Å². The van der Waals surface area contributed by atoms with E-state index < -0.39 is 0 Å². The van der Waals surface area contributed by atoms with E-state index in [1.807, 2.05) is 19.1 Å². The van der Waals surface area contributed by atoms with Crippen molar-refractivity contribution in [3.8, 4) is 11.1 Å². The predicted octanol–water partition coefficient (Wildman–Crippen LogP) is 4.04. The number of anilines is 1. The van der Waals surface area contributed by atoms with Crippen LogP contribution in [0.15, 0.2) is 36.4 Å². The minimum Gasteiger partial charge on any atom is -0.399 e. The van der Waals surface area contributed by atoms with Crippen LogP contribution >= 0.6 is 11.6 Å². The van der Waals surface area contributed by atoms with Crippen molar-refractivity contribution in [1.82, 2.24) is 0 Å². The van der Waals surface area contributed by atoms with E-state index in [4.69, 9.17) is 17.3 Å². The Balaban J connectivity index is 2.62. The molecule has 0 aromatic heterocycles. The van der Waals surface area contributed by atoms with Crippen LogP contribution in [-0.4, -0.2) is 0 Å². The molecule has 3 heteroatoms. The minimum absolute atomic E-state index is 0.306. The average Bonchev–Trinajstić information content (AvgIpc) is 2.20. The van der Waals surface area contributed by atoms with Gasteiger partial charge in [-0.3, -0.25) is 0 Å². The second kappa shape index (κ2) is 4.14. The van der Waals surface area contributed by atoms with Crippen molar-refractivity contribution in [3.05, 3.63) is 52.8 Å². The lowest BCUT2D eigenvalue weighted by molar-refractivity contribution is 0.628. The van der Waals surface area contributed by atoms with Crippen LogP contribution in [0.1, 0.15) is 5.56 Å². The molecule has 2 N–H and O–H groups in total. The van der Waals surface area contributed by atoms with Gasteiger partial charge >= 0.3 is 0 Å². The molecule has 0 saturated carbocycles. The fourth-order valence-corrected chi connectivity index (χ4v) is 1.91. The summed E-state index contributed by atoms with van der Waals surface area (Å²) in [5.41, 5.74) is 8.92. The van der Waals surface area contributed by atoms with Crippen molar-refractivity contribution in [2.45, 2.75) is 6.92 Å². The zero-order valence-corrected chi connectivity index (χ0v) is 9.55. The first-order chi connectivity index (χ1) is 7.56. The Morgan fingerprint density at radius 1 is 1.12 bits per heavy atom. The smallest absolute Gasteiger partial charge is 0.123 e. The molecule has 2 rings (SSSR count). The molecule has 0 atom stereocenters. The Morgan fingerprint density at radius 2 is 1.88 bits per heavy atom. The van der Waals surface area contributed by atoms with Gasteiger partial charge in [-0.2, -0.15) is 0 Å². The molecule has 0 aliphatic carbocycles. The summed E-state index contributed by atoms with van der Waals surface area (Å²) < 4.78 is 13.1. The van der Waals surface area contributed by atoms with Gasteiger partial charge in [0.15, 0.2) is 0 Å². The Hall–Kier alpha value is -1.54. The van der Waals surface area contributed by atoms with Gasteiger partial charge in [0.05, 0.1) is 0 Å². The largest absolute Gasteiger partial charge is 0.399 e. The maximum absolute atomic E-state index is 13.1. The molecule has 0 aliphatic heterocycles. The lowest BCUT2D eigenvalue weighted by Crippen LogP contribution is -1.89. The minimum atomic E-state index is -0.306. The zero-order valence-electron chi connectivity index (χ0n) is 8.80. The van der Waals surface area contributed by atoms with E-state index in [0.29, 0.717) is 16.3 Å². The third-order valence-electron chi connectivity index (χ3n) is 2.34. The maximum atomic E-state index is 13.1. The average molecular weight is 236 g/mol. The molecule has 2 aromatic rings. The van der Waals surface area contributed by atoms with E-state index in [1.165, 1.54) is 12.1 Å². The molecular weight excluding hydrogens is 225 g/mol. The standard InChI is InChI=1S/C13H11ClFN/c1-8-4-9(6-11(16)5-8)12-7-10(15)2-3-13(12)14/h2-7H,16H2,1H3. The van der Waals surface area contributed by atoms with Crippen LogP contribution in [-0.2, 0) is 0 Å². The number of halogens is 2. The number of hydrogen-bond donors (Lipinski definition) is 1. The third-order valence-corrected chi connectivity index (χ3v) is 2.67. The fraction of sp³-hybridized carbons (Fsp3) is 0.0769. The van der Waals surface area contributed by atoms with Crippen LogP contribution in [0.4, 0.5) is 10.1 Å². The molecule has 0 heterocycles. The fourth-order valence-electron chi connectivity index (χ4n) is 1.69. The molecule has 0 fully saturated rings. The monoisotopic (exact) mass is 235 g/mol. The highest BCUT2D eigenvalue weighted by molar-refractivity contribution is 6.33. The molecule has 82 valence electrons. The normalized spacial score (nSPS) is 10.4. The number of nitrogen functional groups attached to an aromatic ring is 1. The van der Waals surface area contributed by atoms with Gasteiger partial charge in [0.2, 0.25) is 0 Å². The van der Waals surface area contributed by atoms with E-state index >= 15 is 0 Å². The Morgan fingerprint density at radius 3 is 2.56 bits per heavy atom. The quantitative estimate of drug-likeness (QED) is 0.742. The molecule has 0 radical (unpaired) electrons. The van der Waals surface area contributed by atoms with Crippen molar-refractivity contribution in [2.24, 2.45) is 0 Å². The van der Waals surface area contributed by atoms with Gasteiger partial charge in [-0.05, 0) is 48.4 Å². The van der Waals surface area contributed by atoms with Crippen molar-refractivity contribution in [1.29, 1.82) is 0 Å². The summed E-state index contributed by atoms with van der Waals surface area (Å²) in [5, 5.41) is 0.520. The topological polar surface area (TPSA) is 26.0 Å². The molecule has 0 saturated heterocycles. The Bertz CT molecular complexity index is 517. The van der Waals surface area contributed by atoms with E-state index in [0.717, 1.165) is 11.1 Å². The highest BCUT2D eigenvalue weighted by Crippen LogP contribution is 2.30. The maximum Gasteiger partial charge on any atom is 0.123 e. The number of nitrogens with two attached hydrogens (primary N) is 1. The molecule has 0 spiro atoms. The Labute approximate surface area is 98.7 Å². The summed E-state index contributed by atoms with van der Waals surface area (Å²) in [4.78, 5) is 0. The van der Waals surface area contributed by atoms with Gasteiger partial charge in [0.1, 0.15) is 5.82 Å². The molecule has 0 aliphatic rings. The van der Waals surface area contributed by atoms with Crippen LogP contribution < -0.4 is 5.73 Å². The highest BCUT2D eigenvalue weighted by atomic mass is 35.5. The van der Waals surface area contributed by atoms with Crippen LogP contribution in [0.5, 0.6) is 0 Å². The number of aryl methyl sites for hydroxylation is 1. The summed E-state index contributed by atoms with van der Waals surface area (Å²) in [5.74, 6) is -0.306. The van der Waals surface area contributed by atoms with Gasteiger partial charge in [0.25, 0.3) is 0 Å². The first kappa shape index (κ1) is 11.0. The lowest BCUT2D eigenvalue weighted by atomic mass is 10.0. The van der Waals surface area contributed by atoms with Gasteiger partial charge in [-0.15, -0.1) is 0 Å². The van der Waals surface area contributed by atoms with Crippen LogP contribution in [0.25, 0.3) is 11.1 Å². The zero-order chi connectivity index (χ0) is 11.7. The van der Waals surface area contributed by atoms with Gasteiger partial charge in [-0.25, -0.2) is 4.39 Å². The van der Waals surface area contributed by atoms with Crippen molar-refractivity contribution in [2.75, 3.05) is 5.73 Å². The summed E-state index contributed by atoms with van der Waals surface area (Å²) in [7, 11) is 0. The lowest BCUT2D eigenvalue weighted by Gasteiger charge is -2.07. The Kier molecular flexibility index (Phi) is 2.84. The van der Waals surface area contributed by atoms with Crippen LogP contribution in [0, 0.1) is 12.7 Å². The van der Waals surface area contributed by atoms with Crippen molar-refractivity contribution >= 4 is 17.3 Å².